The molecular weight excluding hydrogens is 268 g/mol. The van der Waals surface area contributed by atoms with Gasteiger partial charge in [-0.25, -0.2) is 4.79 Å². The molecule has 0 aliphatic heterocycles. The van der Waals surface area contributed by atoms with E-state index in [1.807, 2.05) is 0 Å². The predicted molar refractivity (Wildman–Crippen MR) is 74.7 cm³/mol. The third-order valence-electron chi connectivity index (χ3n) is 5.69. The van der Waals surface area contributed by atoms with Gasteiger partial charge in [0.2, 0.25) is 5.89 Å². The Balaban J connectivity index is 1.65. The Hall–Kier alpha value is -1.39. The third-order valence-corrected chi connectivity index (χ3v) is 5.69. The number of hydrogen-bond acceptors (Lipinski definition) is 5. The van der Waals surface area contributed by atoms with Crippen molar-refractivity contribution in [1.29, 1.82) is 0 Å². The van der Waals surface area contributed by atoms with Crippen LogP contribution in [0.25, 0.3) is 0 Å². The minimum atomic E-state index is -0.483. The summed E-state index contributed by atoms with van der Waals surface area (Å²) in [5, 5.41) is 3.85. The zero-order valence-electron chi connectivity index (χ0n) is 12.7. The lowest BCUT2D eigenvalue weighted by Gasteiger charge is -2.59. The highest BCUT2D eigenvalue weighted by Crippen LogP contribution is 2.65. The maximum Gasteiger partial charge on any atom is 0.379 e. The molecule has 0 N–H and O–H groups in total. The van der Waals surface area contributed by atoms with Crippen molar-refractivity contribution in [3.8, 4) is 0 Å². The molecule has 0 radical (unpaired) electrons. The van der Waals surface area contributed by atoms with Crippen LogP contribution in [-0.4, -0.2) is 22.7 Å². The van der Waals surface area contributed by atoms with E-state index in [9.17, 15) is 4.79 Å². The Morgan fingerprint density at radius 1 is 1.33 bits per heavy atom. The van der Waals surface area contributed by atoms with Gasteiger partial charge in [-0.15, -0.1) is 0 Å². The fourth-order valence-corrected chi connectivity index (χ4v) is 5.69. The highest BCUT2D eigenvalue weighted by Gasteiger charge is 2.58. The zero-order chi connectivity index (χ0) is 14.7. The van der Waals surface area contributed by atoms with Crippen molar-refractivity contribution >= 4 is 5.97 Å². The van der Waals surface area contributed by atoms with Gasteiger partial charge in [0.05, 0.1) is 12.0 Å². The fraction of sp³-hybridized carbons (Fsp3) is 0.812. The molecule has 4 bridgehead atoms. The molecule has 1 aromatic rings. The summed E-state index contributed by atoms with van der Waals surface area (Å²) in [5.74, 6) is 1.84. The van der Waals surface area contributed by atoms with Gasteiger partial charge in [-0.3, -0.25) is 0 Å². The first-order valence-corrected chi connectivity index (χ1v) is 8.03. The van der Waals surface area contributed by atoms with E-state index in [1.54, 1.807) is 6.92 Å². The first-order chi connectivity index (χ1) is 10.0. The average molecular weight is 290 g/mol. The van der Waals surface area contributed by atoms with Crippen molar-refractivity contribution in [1.82, 2.24) is 10.1 Å². The Morgan fingerprint density at radius 3 is 2.67 bits per heavy atom. The van der Waals surface area contributed by atoms with Crippen molar-refractivity contribution in [2.75, 3.05) is 6.61 Å². The maximum atomic E-state index is 11.7. The van der Waals surface area contributed by atoms with Gasteiger partial charge in [-0.2, -0.15) is 4.98 Å². The van der Waals surface area contributed by atoms with Crippen LogP contribution in [0.1, 0.15) is 68.9 Å². The summed E-state index contributed by atoms with van der Waals surface area (Å²) in [6.07, 6.45) is 7.44. The van der Waals surface area contributed by atoms with E-state index in [0.29, 0.717) is 17.9 Å². The standard InChI is InChI=1S/C16H22N2O3/c1-3-20-13(19)12-17-14(21-18-12)16-7-10-4-11(8-16)6-15(2,5-10)9-16/h10-11H,3-9H2,1-2H3. The SMILES string of the molecule is CCOC(=O)c1noc(C23CC4CC(CC(C)(C4)C2)C3)n1. The number of aromatic nitrogens is 2. The summed E-state index contributed by atoms with van der Waals surface area (Å²) in [5.41, 5.74) is 0.430. The summed E-state index contributed by atoms with van der Waals surface area (Å²) < 4.78 is 10.5. The van der Waals surface area contributed by atoms with Crippen molar-refractivity contribution in [3.63, 3.8) is 0 Å². The Labute approximate surface area is 124 Å². The summed E-state index contributed by atoms with van der Waals surface area (Å²) in [4.78, 5) is 16.1. The molecule has 5 nitrogen and oxygen atoms in total. The van der Waals surface area contributed by atoms with Gasteiger partial charge >= 0.3 is 5.97 Å². The molecule has 1 heterocycles. The van der Waals surface area contributed by atoms with Crippen LogP contribution >= 0.6 is 0 Å². The topological polar surface area (TPSA) is 65.2 Å². The van der Waals surface area contributed by atoms with E-state index in [-0.39, 0.29) is 11.2 Å². The highest BCUT2D eigenvalue weighted by molar-refractivity contribution is 5.84. The average Bonchev–Trinajstić information content (AvgIpc) is 2.86. The van der Waals surface area contributed by atoms with Crippen LogP contribution < -0.4 is 0 Å². The number of ether oxygens (including phenoxy) is 1. The van der Waals surface area contributed by atoms with Gasteiger partial charge < -0.3 is 9.26 Å². The highest BCUT2D eigenvalue weighted by atomic mass is 16.5. The largest absolute Gasteiger partial charge is 0.460 e. The van der Waals surface area contributed by atoms with Crippen LogP contribution in [0.15, 0.2) is 4.52 Å². The van der Waals surface area contributed by atoms with Crippen molar-refractivity contribution in [3.05, 3.63) is 11.7 Å². The lowest BCUT2D eigenvalue weighted by atomic mass is 9.44. The van der Waals surface area contributed by atoms with Crippen molar-refractivity contribution < 1.29 is 14.1 Å². The molecule has 0 amide bonds. The van der Waals surface area contributed by atoms with Crippen LogP contribution in [0, 0.1) is 17.3 Å². The van der Waals surface area contributed by atoms with Crippen LogP contribution in [0.4, 0.5) is 0 Å². The van der Waals surface area contributed by atoms with Crippen molar-refractivity contribution in [2.45, 2.75) is 57.8 Å². The van der Waals surface area contributed by atoms with E-state index in [0.717, 1.165) is 31.1 Å². The molecule has 21 heavy (non-hydrogen) atoms. The maximum absolute atomic E-state index is 11.7. The minimum Gasteiger partial charge on any atom is -0.460 e. The lowest BCUT2D eigenvalue weighted by Crippen LogP contribution is -2.53. The number of esters is 1. The van der Waals surface area contributed by atoms with Crippen molar-refractivity contribution in [2.24, 2.45) is 17.3 Å². The summed E-state index contributed by atoms with van der Waals surface area (Å²) >= 11 is 0. The van der Waals surface area contributed by atoms with Gasteiger partial charge in [0.1, 0.15) is 0 Å². The number of carbonyl (C=O) groups excluding carboxylic acids is 1. The number of hydrogen-bond donors (Lipinski definition) is 0. The smallest absolute Gasteiger partial charge is 0.379 e. The Kier molecular flexibility index (Phi) is 2.72. The second kappa shape index (κ2) is 4.31. The molecule has 2 atom stereocenters. The molecule has 4 aliphatic carbocycles. The van der Waals surface area contributed by atoms with E-state index in [2.05, 4.69) is 17.1 Å². The fourth-order valence-electron chi connectivity index (χ4n) is 5.69. The molecule has 0 saturated heterocycles. The lowest BCUT2D eigenvalue weighted by molar-refractivity contribution is -0.0724. The molecule has 4 fully saturated rings. The van der Waals surface area contributed by atoms with Gasteiger partial charge in [0, 0.05) is 0 Å². The Morgan fingerprint density at radius 2 is 2.05 bits per heavy atom. The normalized spacial score (nSPS) is 40.5. The molecule has 1 aromatic heterocycles. The number of rotatable bonds is 3. The van der Waals surface area contributed by atoms with Crippen LogP contribution in [0.5, 0.6) is 0 Å². The molecule has 0 spiro atoms. The molecule has 4 saturated carbocycles. The van der Waals surface area contributed by atoms with Gasteiger partial charge in [-0.05, 0) is 67.9 Å². The monoisotopic (exact) mass is 290 g/mol. The van der Waals surface area contributed by atoms with Gasteiger partial charge in [0.25, 0.3) is 5.82 Å². The third kappa shape index (κ3) is 2.00. The minimum absolute atomic E-state index is 0.0105. The first kappa shape index (κ1) is 13.3. The second-order valence-corrected chi connectivity index (χ2v) is 7.70. The summed E-state index contributed by atoms with van der Waals surface area (Å²) in [6.45, 7) is 4.51. The zero-order valence-corrected chi connectivity index (χ0v) is 12.7. The number of nitrogens with zero attached hydrogens (tertiary/aromatic N) is 2. The molecule has 5 heteroatoms. The molecule has 114 valence electrons. The molecular formula is C16H22N2O3. The van der Waals surface area contributed by atoms with E-state index >= 15 is 0 Å². The first-order valence-electron chi connectivity index (χ1n) is 8.03. The van der Waals surface area contributed by atoms with E-state index < -0.39 is 5.97 Å². The van der Waals surface area contributed by atoms with Crippen LogP contribution in [0.3, 0.4) is 0 Å². The van der Waals surface area contributed by atoms with Crippen LogP contribution in [0.2, 0.25) is 0 Å². The van der Waals surface area contributed by atoms with E-state index in [1.165, 1.54) is 19.3 Å². The summed E-state index contributed by atoms with van der Waals surface area (Å²) in [7, 11) is 0. The molecule has 5 rings (SSSR count). The second-order valence-electron chi connectivity index (χ2n) is 7.70. The molecule has 4 aliphatic rings. The van der Waals surface area contributed by atoms with Gasteiger partial charge in [0.15, 0.2) is 0 Å². The van der Waals surface area contributed by atoms with Crippen LogP contribution in [-0.2, 0) is 10.2 Å². The Bertz CT molecular complexity index is 566. The van der Waals surface area contributed by atoms with E-state index in [4.69, 9.17) is 9.26 Å². The number of carbonyl (C=O) groups is 1. The predicted octanol–water partition coefficient (Wildman–Crippen LogP) is 3.10. The quantitative estimate of drug-likeness (QED) is 0.800. The molecule has 2 unspecified atom stereocenters. The van der Waals surface area contributed by atoms with Gasteiger partial charge in [-0.1, -0.05) is 6.92 Å². The molecule has 0 aromatic carbocycles. The summed E-state index contributed by atoms with van der Waals surface area (Å²) in [6, 6.07) is 0.